The van der Waals surface area contributed by atoms with E-state index in [9.17, 15) is 0 Å². The first-order valence-corrected chi connectivity index (χ1v) is 7.99. The van der Waals surface area contributed by atoms with Crippen molar-refractivity contribution in [3.05, 3.63) is 23.4 Å². The molecule has 0 saturated carbocycles. The minimum absolute atomic E-state index is 0.871. The highest BCUT2D eigenvalue weighted by Crippen LogP contribution is 2.32. The van der Waals surface area contributed by atoms with E-state index < -0.39 is 8.07 Å². The normalized spacial score (nSPS) is 18.2. The Labute approximate surface area is 77.4 Å². The van der Waals surface area contributed by atoms with E-state index in [1.54, 1.807) is 5.20 Å². The Morgan fingerprint density at radius 3 is 2.42 bits per heavy atom. The SMILES string of the molecule is CC(C)[Si](C)(C)C1=CC=CCC1. The molecule has 0 atom stereocenters. The third-order valence-corrected chi connectivity index (χ3v) is 8.24. The fraction of sp³-hybridized carbons (Fsp3) is 0.636. The van der Waals surface area contributed by atoms with Crippen LogP contribution in [0.5, 0.6) is 0 Å². The molecule has 1 aliphatic carbocycles. The molecule has 0 unspecified atom stereocenters. The van der Waals surface area contributed by atoms with Crippen molar-refractivity contribution in [2.24, 2.45) is 0 Å². The summed E-state index contributed by atoms with van der Waals surface area (Å²) < 4.78 is 0. The third kappa shape index (κ3) is 1.89. The van der Waals surface area contributed by atoms with E-state index in [0.717, 1.165) is 5.54 Å². The maximum absolute atomic E-state index is 2.49. The number of hydrogen-bond acceptors (Lipinski definition) is 0. The van der Waals surface area contributed by atoms with Crippen LogP contribution in [0.2, 0.25) is 18.6 Å². The molecule has 0 amide bonds. The molecule has 0 aromatic rings. The Kier molecular flexibility index (Phi) is 2.94. The molecule has 1 aliphatic rings. The molecule has 0 bridgehead atoms. The monoisotopic (exact) mass is 180 g/mol. The molecule has 12 heavy (non-hydrogen) atoms. The van der Waals surface area contributed by atoms with Gasteiger partial charge in [-0.3, -0.25) is 0 Å². The van der Waals surface area contributed by atoms with Gasteiger partial charge in [-0.25, -0.2) is 0 Å². The highest BCUT2D eigenvalue weighted by Gasteiger charge is 2.28. The molecule has 0 nitrogen and oxygen atoms in total. The topological polar surface area (TPSA) is 0 Å². The Morgan fingerprint density at radius 1 is 1.33 bits per heavy atom. The zero-order valence-electron chi connectivity index (χ0n) is 8.72. The van der Waals surface area contributed by atoms with Crippen molar-refractivity contribution < 1.29 is 0 Å². The molecule has 0 fully saturated rings. The minimum Gasteiger partial charge on any atom is -0.0842 e. The third-order valence-electron chi connectivity index (χ3n) is 3.28. The number of hydrogen-bond donors (Lipinski definition) is 0. The van der Waals surface area contributed by atoms with Crippen LogP contribution in [0.15, 0.2) is 23.4 Å². The zero-order valence-corrected chi connectivity index (χ0v) is 9.72. The first kappa shape index (κ1) is 9.78. The molecular formula is C11H20Si. The van der Waals surface area contributed by atoms with Crippen LogP contribution in [-0.2, 0) is 0 Å². The van der Waals surface area contributed by atoms with E-state index in [-0.39, 0.29) is 0 Å². The summed E-state index contributed by atoms with van der Waals surface area (Å²) in [5.74, 6) is 0. The van der Waals surface area contributed by atoms with Gasteiger partial charge in [0, 0.05) is 0 Å². The predicted octanol–water partition coefficient (Wildman–Crippen LogP) is 3.92. The second kappa shape index (κ2) is 3.61. The smallest absolute Gasteiger partial charge is 0.0780 e. The van der Waals surface area contributed by atoms with Crippen LogP contribution in [0, 0.1) is 0 Å². The quantitative estimate of drug-likeness (QED) is 0.565. The Balaban J connectivity index is 2.80. The van der Waals surface area contributed by atoms with E-state index in [0.29, 0.717) is 0 Å². The fourth-order valence-corrected chi connectivity index (χ4v) is 3.57. The van der Waals surface area contributed by atoms with E-state index in [4.69, 9.17) is 0 Å². The van der Waals surface area contributed by atoms with Gasteiger partial charge in [-0.2, -0.15) is 0 Å². The standard InChI is InChI=1S/C11H20Si/c1-10(2)12(3,4)11-8-6-5-7-9-11/h5-6,8,10H,7,9H2,1-4H3. The van der Waals surface area contributed by atoms with Crippen molar-refractivity contribution >= 4 is 8.07 Å². The first-order chi connectivity index (χ1) is 5.55. The van der Waals surface area contributed by atoms with E-state index in [1.807, 2.05) is 0 Å². The van der Waals surface area contributed by atoms with Gasteiger partial charge >= 0.3 is 0 Å². The molecule has 0 aromatic carbocycles. The van der Waals surface area contributed by atoms with Crippen LogP contribution >= 0.6 is 0 Å². The maximum Gasteiger partial charge on any atom is 0.0780 e. The average molecular weight is 180 g/mol. The van der Waals surface area contributed by atoms with Gasteiger partial charge in [-0.15, -0.1) is 0 Å². The lowest BCUT2D eigenvalue weighted by Gasteiger charge is -2.31. The van der Waals surface area contributed by atoms with Crippen molar-refractivity contribution in [1.82, 2.24) is 0 Å². The summed E-state index contributed by atoms with van der Waals surface area (Å²) in [7, 11) is -1.07. The molecule has 0 saturated heterocycles. The predicted molar refractivity (Wildman–Crippen MR) is 59.0 cm³/mol. The first-order valence-electron chi connectivity index (χ1n) is 4.91. The molecule has 0 spiro atoms. The van der Waals surface area contributed by atoms with Crippen LogP contribution in [0.4, 0.5) is 0 Å². The van der Waals surface area contributed by atoms with Gasteiger partial charge < -0.3 is 0 Å². The van der Waals surface area contributed by atoms with Crippen LogP contribution in [0.25, 0.3) is 0 Å². The molecule has 1 rings (SSSR count). The molecule has 0 heterocycles. The summed E-state index contributed by atoms with van der Waals surface area (Å²) in [5, 5.41) is 1.75. The summed E-state index contributed by atoms with van der Waals surface area (Å²) in [5.41, 5.74) is 0.871. The summed E-state index contributed by atoms with van der Waals surface area (Å²) in [6.07, 6.45) is 9.43. The van der Waals surface area contributed by atoms with Gasteiger partial charge in [0.2, 0.25) is 0 Å². The molecule has 68 valence electrons. The van der Waals surface area contributed by atoms with Gasteiger partial charge in [-0.05, 0) is 18.4 Å². The summed E-state index contributed by atoms with van der Waals surface area (Å²) in [6, 6.07) is 0. The van der Waals surface area contributed by atoms with Gasteiger partial charge in [0.05, 0.1) is 8.07 Å². The van der Waals surface area contributed by atoms with Crippen LogP contribution < -0.4 is 0 Å². The summed E-state index contributed by atoms with van der Waals surface area (Å²) >= 11 is 0. The highest BCUT2D eigenvalue weighted by molar-refractivity contribution is 6.85. The van der Waals surface area contributed by atoms with Gasteiger partial charge in [-0.1, -0.05) is 50.4 Å². The van der Waals surface area contributed by atoms with E-state index in [1.165, 1.54) is 12.8 Å². The van der Waals surface area contributed by atoms with Crippen molar-refractivity contribution in [1.29, 1.82) is 0 Å². The molecule has 0 N–H and O–H groups in total. The Morgan fingerprint density at radius 2 is 2.00 bits per heavy atom. The van der Waals surface area contributed by atoms with Gasteiger partial charge in [0.25, 0.3) is 0 Å². The van der Waals surface area contributed by atoms with Crippen molar-refractivity contribution in [2.75, 3.05) is 0 Å². The molecule has 1 heteroatoms. The lowest BCUT2D eigenvalue weighted by atomic mass is 10.2. The fourth-order valence-electron chi connectivity index (χ4n) is 1.51. The average Bonchev–Trinajstić information content (AvgIpc) is 2.06. The molecule has 0 radical (unpaired) electrons. The van der Waals surface area contributed by atoms with Crippen molar-refractivity contribution in [3.8, 4) is 0 Å². The Bertz CT molecular complexity index is 209. The van der Waals surface area contributed by atoms with Crippen molar-refractivity contribution in [3.63, 3.8) is 0 Å². The number of allylic oxidation sites excluding steroid dienone is 4. The lowest BCUT2D eigenvalue weighted by molar-refractivity contribution is 0.954. The van der Waals surface area contributed by atoms with Gasteiger partial charge in [0.1, 0.15) is 0 Å². The minimum atomic E-state index is -1.07. The zero-order chi connectivity index (χ0) is 9.19. The lowest BCUT2D eigenvalue weighted by Crippen LogP contribution is -2.33. The second-order valence-electron chi connectivity index (χ2n) is 4.54. The molecule has 0 aliphatic heterocycles. The van der Waals surface area contributed by atoms with Crippen LogP contribution in [-0.4, -0.2) is 8.07 Å². The van der Waals surface area contributed by atoms with Crippen molar-refractivity contribution in [2.45, 2.75) is 45.3 Å². The maximum atomic E-state index is 2.49. The molecular weight excluding hydrogens is 160 g/mol. The second-order valence-corrected chi connectivity index (χ2v) is 9.78. The summed E-state index contributed by atoms with van der Waals surface area (Å²) in [6.45, 7) is 9.71. The van der Waals surface area contributed by atoms with Crippen LogP contribution in [0.3, 0.4) is 0 Å². The van der Waals surface area contributed by atoms with E-state index in [2.05, 4.69) is 45.2 Å². The Hall–Kier alpha value is -0.303. The number of rotatable bonds is 2. The molecule has 0 aromatic heterocycles. The van der Waals surface area contributed by atoms with Gasteiger partial charge in [0.15, 0.2) is 0 Å². The van der Waals surface area contributed by atoms with Crippen LogP contribution in [0.1, 0.15) is 26.7 Å². The summed E-state index contributed by atoms with van der Waals surface area (Å²) in [4.78, 5) is 0. The highest BCUT2D eigenvalue weighted by atomic mass is 28.3. The largest absolute Gasteiger partial charge is 0.0842 e. The van der Waals surface area contributed by atoms with E-state index >= 15 is 0 Å².